The zero-order valence-corrected chi connectivity index (χ0v) is 13.6. The molecule has 1 aromatic rings. The van der Waals surface area contributed by atoms with Gasteiger partial charge in [0.05, 0.1) is 0 Å². The van der Waals surface area contributed by atoms with Crippen molar-refractivity contribution in [1.29, 1.82) is 0 Å². The maximum atomic E-state index is 11.8. The third kappa shape index (κ3) is 3.97. The zero-order chi connectivity index (χ0) is 14.8. The zero-order valence-electron chi connectivity index (χ0n) is 10.4. The van der Waals surface area contributed by atoms with Crippen LogP contribution in [-0.4, -0.2) is 34.1 Å². The molecule has 0 saturated carbocycles. The quantitative estimate of drug-likeness (QED) is 0.784. The van der Waals surface area contributed by atoms with Gasteiger partial charge >= 0.3 is 0 Å². The highest BCUT2D eigenvalue weighted by molar-refractivity contribution is 9.10. The second-order valence-corrected chi connectivity index (χ2v) is 7.72. The van der Waals surface area contributed by atoms with Crippen molar-refractivity contribution < 1.29 is 22.4 Å². The lowest BCUT2D eigenvalue weighted by molar-refractivity contribution is 0.0921. The lowest BCUT2D eigenvalue weighted by atomic mass is 10.1. The maximum absolute atomic E-state index is 11.8. The van der Waals surface area contributed by atoms with Crippen LogP contribution in [-0.2, 0) is 13.8 Å². The van der Waals surface area contributed by atoms with E-state index in [-0.39, 0.29) is 15.3 Å². The van der Waals surface area contributed by atoms with Crippen LogP contribution in [0.25, 0.3) is 0 Å². The summed E-state index contributed by atoms with van der Waals surface area (Å²) >= 11 is 2.92. The minimum absolute atomic E-state index is 0.0816. The van der Waals surface area contributed by atoms with Gasteiger partial charge in [0.25, 0.3) is 15.0 Å². The number of furan rings is 1. The van der Waals surface area contributed by atoms with Gasteiger partial charge in [-0.2, -0.15) is 0 Å². The monoisotopic (exact) mass is 385 g/mol. The molecular formula is C11H13BrClNO5S. The molecule has 0 radical (unpaired) electrons. The fourth-order valence-electron chi connectivity index (χ4n) is 1.92. The first-order chi connectivity index (χ1) is 9.38. The highest BCUT2D eigenvalue weighted by Gasteiger charge is 2.23. The summed E-state index contributed by atoms with van der Waals surface area (Å²) < 4.78 is 32.6. The van der Waals surface area contributed by atoms with Gasteiger partial charge in [0.2, 0.25) is 0 Å². The summed E-state index contributed by atoms with van der Waals surface area (Å²) in [5.74, 6) is -0.118. The lowest BCUT2D eigenvalue weighted by Crippen LogP contribution is -2.25. The minimum Gasteiger partial charge on any atom is -0.443 e. The first-order valence-electron chi connectivity index (χ1n) is 5.98. The van der Waals surface area contributed by atoms with Crippen LogP contribution in [0.5, 0.6) is 0 Å². The Labute approximate surface area is 129 Å². The van der Waals surface area contributed by atoms with E-state index >= 15 is 0 Å². The van der Waals surface area contributed by atoms with E-state index in [1.807, 2.05) is 0 Å². The Hall–Kier alpha value is -0.570. The Kier molecular flexibility index (Phi) is 5.11. The van der Waals surface area contributed by atoms with Gasteiger partial charge in [0, 0.05) is 36.5 Å². The predicted molar refractivity (Wildman–Crippen MR) is 75.3 cm³/mol. The molecule has 2 heterocycles. The van der Waals surface area contributed by atoms with Crippen molar-refractivity contribution in [3.8, 4) is 0 Å². The number of nitrogens with one attached hydrogen (secondary N) is 1. The average Bonchev–Trinajstić information content (AvgIpc) is 2.97. The van der Waals surface area contributed by atoms with Gasteiger partial charge in [-0.25, -0.2) is 8.42 Å². The molecule has 1 aliphatic rings. The first-order valence-corrected chi connectivity index (χ1v) is 9.08. The summed E-state index contributed by atoms with van der Waals surface area (Å²) in [5.41, 5.74) is 0. The van der Waals surface area contributed by atoms with E-state index in [4.69, 9.17) is 19.8 Å². The highest BCUT2D eigenvalue weighted by Crippen LogP contribution is 2.28. The first kappa shape index (κ1) is 15.8. The molecule has 1 N–H and O–H groups in total. The topological polar surface area (TPSA) is 85.6 Å². The Morgan fingerprint density at radius 3 is 2.85 bits per heavy atom. The van der Waals surface area contributed by atoms with Crippen molar-refractivity contribution in [2.45, 2.75) is 17.7 Å². The van der Waals surface area contributed by atoms with Gasteiger partial charge in [0.15, 0.2) is 10.4 Å². The third-order valence-corrected chi connectivity index (χ3v) is 5.18. The van der Waals surface area contributed by atoms with E-state index in [9.17, 15) is 13.2 Å². The van der Waals surface area contributed by atoms with E-state index < -0.39 is 15.0 Å². The Balaban J connectivity index is 1.92. The van der Waals surface area contributed by atoms with Crippen molar-refractivity contribution >= 4 is 41.6 Å². The van der Waals surface area contributed by atoms with E-state index in [1.54, 1.807) is 0 Å². The van der Waals surface area contributed by atoms with Crippen LogP contribution in [0.1, 0.15) is 23.4 Å². The number of amides is 1. The molecule has 1 amide bonds. The highest BCUT2D eigenvalue weighted by atomic mass is 79.9. The van der Waals surface area contributed by atoms with E-state index in [0.29, 0.717) is 12.5 Å². The molecule has 0 aliphatic carbocycles. The van der Waals surface area contributed by atoms with Gasteiger partial charge < -0.3 is 14.5 Å². The summed E-state index contributed by atoms with van der Waals surface area (Å²) in [6.45, 7) is 1.96. The largest absolute Gasteiger partial charge is 0.443 e. The number of hydrogen-bond donors (Lipinski definition) is 1. The molecule has 1 fully saturated rings. The molecule has 1 atom stereocenters. The van der Waals surface area contributed by atoms with Gasteiger partial charge in [-0.05, 0) is 34.7 Å². The molecule has 2 rings (SSSR count). The Morgan fingerprint density at radius 1 is 1.55 bits per heavy atom. The van der Waals surface area contributed by atoms with Crippen LogP contribution in [0.3, 0.4) is 0 Å². The summed E-state index contributed by atoms with van der Waals surface area (Å²) in [6.07, 6.45) is 1.81. The number of hydrogen-bond acceptors (Lipinski definition) is 5. The molecule has 6 nitrogen and oxygen atoms in total. The van der Waals surface area contributed by atoms with E-state index in [0.717, 1.165) is 32.1 Å². The number of halogens is 2. The van der Waals surface area contributed by atoms with Crippen LogP contribution < -0.4 is 5.32 Å². The summed E-state index contributed by atoms with van der Waals surface area (Å²) in [4.78, 5) is 11.6. The van der Waals surface area contributed by atoms with Crippen molar-refractivity contribution in [3.63, 3.8) is 0 Å². The molecule has 9 heteroatoms. The smallest absolute Gasteiger partial charge is 0.287 e. The Morgan fingerprint density at radius 2 is 2.30 bits per heavy atom. The van der Waals surface area contributed by atoms with Crippen molar-refractivity contribution in [2.75, 3.05) is 19.8 Å². The number of carbonyl (C=O) groups is 1. The van der Waals surface area contributed by atoms with Crippen LogP contribution in [0.4, 0.5) is 0 Å². The van der Waals surface area contributed by atoms with Crippen molar-refractivity contribution in [2.24, 2.45) is 5.92 Å². The van der Waals surface area contributed by atoms with Crippen molar-refractivity contribution in [1.82, 2.24) is 5.32 Å². The SMILES string of the molecule is O=C(NCCC1CCOC1)c1cc(S(=O)(=O)Cl)c(Br)o1. The average molecular weight is 387 g/mol. The van der Waals surface area contributed by atoms with Gasteiger partial charge in [-0.3, -0.25) is 4.79 Å². The standard InChI is InChI=1S/C11H13BrClNO5S/c12-10-9(20(13,16)17)5-8(19-10)11(15)14-3-1-7-2-4-18-6-7/h5,7H,1-4,6H2,(H,14,15). The second kappa shape index (κ2) is 6.46. The molecule has 0 bridgehead atoms. The summed E-state index contributed by atoms with van der Waals surface area (Å²) in [6, 6.07) is 1.10. The molecular weight excluding hydrogens is 374 g/mol. The lowest BCUT2D eigenvalue weighted by Gasteiger charge is -2.07. The van der Waals surface area contributed by atoms with Crippen LogP contribution in [0.2, 0.25) is 0 Å². The number of carbonyl (C=O) groups excluding carboxylic acids is 1. The maximum Gasteiger partial charge on any atom is 0.287 e. The summed E-state index contributed by atoms with van der Waals surface area (Å²) in [5, 5.41) is 2.67. The van der Waals surface area contributed by atoms with Crippen LogP contribution in [0, 0.1) is 5.92 Å². The number of rotatable bonds is 5. The van der Waals surface area contributed by atoms with Gasteiger partial charge in [-0.15, -0.1) is 0 Å². The molecule has 0 spiro atoms. The summed E-state index contributed by atoms with van der Waals surface area (Å²) in [7, 11) is 1.26. The molecule has 1 unspecified atom stereocenters. The van der Waals surface area contributed by atoms with Crippen LogP contribution >= 0.6 is 26.6 Å². The van der Waals surface area contributed by atoms with E-state index in [1.165, 1.54) is 0 Å². The Bertz CT molecular complexity index is 594. The normalized spacial score (nSPS) is 19.2. The molecule has 20 heavy (non-hydrogen) atoms. The van der Waals surface area contributed by atoms with Gasteiger partial charge in [-0.1, -0.05) is 0 Å². The fourth-order valence-corrected chi connectivity index (χ4v) is 3.95. The molecule has 1 aliphatic heterocycles. The molecule has 1 saturated heterocycles. The van der Waals surface area contributed by atoms with Crippen molar-refractivity contribution in [3.05, 3.63) is 16.5 Å². The third-order valence-electron chi connectivity index (χ3n) is 3.00. The molecule has 112 valence electrons. The fraction of sp³-hybridized carbons (Fsp3) is 0.545. The molecule has 1 aromatic heterocycles. The predicted octanol–water partition coefficient (Wildman–Crippen LogP) is 2.13. The minimum atomic E-state index is -3.94. The van der Waals surface area contributed by atoms with Crippen LogP contribution in [0.15, 0.2) is 20.0 Å². The molecule has 0 aromatic carbocycles. The number of ether oxygens (including phenoxy) is 1. The second-order valence-electron chi connectivity index (χ2n) is 4.46. The van der Waals surface area contributed by atoms with E-state index in [2.05, 4.69) is 21.2 Å². The van der Waals surface area contributed by atoms with Gasteiger partial charge in [0.1, 0.15) is 4.90 Å².